The molecule has 3 aromatic rings. The van der Waals surface area contributed by atoms with Crippen LogP contribution in [0.15, 0.2) is 54.6 Å². The molecule has 0 saturated heterocycles. The molecule has 0 bridgehead atoms. The number of ether oxygens (including phenoxy) is 1. The molecule has 0 spiro atoms. The highest BCUT2D eigenvalue weighted by atomic mass is 35.5. The summed E-state index contributed by atoms with van der Waals surface area (Å²) in [6.07, 6.45) is 0.826. The first-order valence-electron chi connectivity index (χ1n) is 11.2. The first-order valence-corrected chi connectivity index (χ1v) is 12.4. The molecular weight excluding hydrogens is 528 g/mol. The molecule has 0 radical (unpaired) electrons. The lowest BCUT2D eigenvalue weighted by Gasteiger charge is -2.24. The van der Waals surface area contributed by atoms with E-state index in [-0.39, 0.29) is 30.4 Å². The third kappa shape index (κ3) is 5.94. The Kier molecular flexibility index (Phi) is 7.79. The zero-order chi connectivity index (χ0) is 26.0. The van der Waals surface area contributed by atoms with E-state index in [1.807, 2.05) is 6.92 Å². The van der Waals surface area contributed by atoms with Gasteiger partial charge in [0, 0.05) is 31.5 Å². The van der Waals surface area contributed by atoms with Crippen LogP contribution in [0.2, 0.25) is 15.1 Å². The van der Waals surface area contributed by atoms with Crippen molar-refractivity contribution in [1.29, 1.82) is 0 Å². The molecule has 5 nitrogen and oxygen atoms in total. The van der Waals surface area contributed by atoms with Crippen LogP contribution in [-0.2, 0) is 24.2 Å². The summed E-state index contributed by atoms with van der Waals surface area (Å²) in [4.78, 5) is 26.1. The van der Waals surface area contributed by atoms with Crippen molar-refractivity contribution in [3.05, 3.63) is 97.7 Å². The van der Waals surface area contributed by atoms with Gasteiger partial charge < -0.3 is 14.7 Å². The van der Waals surface area contributed by atoms with Crippen molar-refractivity contribution >= 4 is 46.7 Å². The lowest BCUT2D eigenvalue weighted by atomic mass is 9.91. The largest absolute Gasteiger partial charge is 0.487 e. The van der Waals surface area contributed by atoms with Gasteiger partial charge in [0.15, 0.2) is 0 Å². The van der Waals surface area contributed by atoms with Crippen molar-refractivity contribution in [2.24, 2.45) is 0 Å². The Morgan fingerprint density at radius 1 is 1.08 bits per heavy atom. The van der Waals surface area contributed by atoms with Crippen molar-refractivity contribution < 1.29 is 23.8 Å². The van der Waals surface area contributed by atoms with Crippen LogP contribution < -0.4 is 4.74 Å². The fourth-order valence-electron chi connectivity index (χ4n) is 4.38. The van der Waals surface area contributed by atoms with E-state index >= 15 is 0 Å². The third-order valence-corrected chi connectivity index (χ3v) is 7.21. The fourth-order valence-corrected chi connectivity index (χ4v) is 4.96. The number of aliphatic carboxylic acids is 1. The molecule has 1 N–H and O–H groups in total. The number of nitrogens with zero attached hydrogens (tertiary/aromatic N) is 1. The number of halogens is 4. The maximum atomic E-state index is 13.5. The highest BCUT2D eigenvalue weighted by Crippen LogP contribution is 2.38. The molecule has 0 saturated carbocycles. The second-order valence-electron chi connectivity index (χ2n) is 9.06. The van der Waals surface area contributed by atoms with E-state index in [0.717, 1.165) is 11.1 Å². The number of carbonyl (C=O) groups excluding carboxylic acids is 1. The number of fused-ring (bicyclic) bond motifs is 1. The van der Waals surface area contributed by atoms with Gasteiger partial charge in [-0.2, -0.15) is 0 Å². The Morgan fingerprint density at radius 2 is 1.86 bits per heavy atom. The number of benzene rings is 3. The van der Waals surface area contributed by atoms with Crippen LogP contribution in [0.25, 0.3) is 0 Å². The lowest BCUT2D eigenvalue weighted by Crippen LogP contribution is -2.33. The Labute approximate surface area is 223 Å². The highest BCUT2D eigenvalue weighted by Gasteiger charge is 2.36. The molecule has 1 heterocycles. The number of hydrogen-bond donors (Lipinski definition) is 1. The van der Waals surface area contributed by atoms with E-state index in [9.17, 15) is 19.1 Å². The molecule has 0 fully saturated rings. The maximum absolute atomic E-state index is 13.5. The van der Waals surface area contributed by atoms with Gasteiger partial charge in [-0.05, 0) is 60.0 Å². The van der Waals surface area contributed by atoms with E-state index in [4.69, 9.17) is 39.5 Å². The summed E-state index contributed by atoms with van der Waals surface area (Å²) in [7, 11) is 0. The van der Waals surface area contributed by atoms with Crippen LogP contribution in [0, 0.1) is 5.82 Å². The summed E-state index contributed by atoms with van der Waals surface area (Å²) in [5.41, 5.74) is 2.14. The van der Waals surface area contributed by atoms with E-state index in [0.29, 0.717) is 39.8 Å². The summed E-state index contributed by atoms with van der Waals surface area (Å²) in [5, 5.41) is 9.93. The Morgan fingerprint density at radius 3 is 2.58 bits per heavy atom. The quantitative estimate of drug-likeness (QED) is 0.333. The molecule has 0 aromatic heterocycles. The summed E-state index contributed by atoms with van der Waals surface area (Å²) in [6.45, 7) is 2.07. The van der Waals surface area contributed by atoms with E-state index < -0.39 is 17.4 Å². The Balaban J connectivity index is 1.54. The molecule has 0 aliphatic carbocycles. The average molecular weight is 551 g/mol. The van der Waals surface area contributed by atoms with Crippen LogP contribution in [0.1, 0.15) is 40.4 Å². The van der Waals surface area contributed by atoms with E-state index in [1.165, 1.54) is 11.0 Å². The normalized spacial score (nSPS) is 16.4. The van der Waals surface area contributed by atoms with Crippen LogP contribution in [-0.4, -0.2) is 34.0 Å². The summed E-state index contributed by atoms with van der Waals surface area (Å²) in [6, 6.07) is 14.9. The van der Waals surface area contributed by atoms with Gasteiger partial charge in [-0.15, -0.1) is 0 Å². The minimum atomic E-state index is -1.01. The monoisotopic (exact) mass is 549 g/mol. The topological polar surface area (TPSA) is 66.8 Å². The average Bonchev–Trinajstić information content (AvgIpc) is 3.16. The highest BCUT2D eigenvalue weighted by molar-refractivity contribution is 6.42. The van der Waals surface area contributed by atoms with Crippen molar-refractivity contribution in [3.8, 4) is 5.75 Å². The predicted octanol–water partition coefficient (Wildman–Crippen LogP) is 6.84. The SMILES string of the molecule is C[C@@]1(Cc2ccc(F)c(Cl)c2)Cc2cc(C(=O)N(CCC(=O)O)Cc3cccc(Cl)c3Cl)ccc2O1. The number of rotatable bonds is 8. The van der Waals surface area contributed by atoms with Gasteiger partial charge in [0.1, 0.15) is 17.2 Å². The number of amides is 1. The fraction of sp³-hybridized carbons (Fsp3) is 0.259. The zero-order valence-electron chi connectivity index (χ0n) is 19.4. The Hall–Kier alpha value is -2.80. The first kappa shape index (κ1) is 26.3. The standard InChI is InChI=1S/C27H23Cl3FNO4/c1-27(13-16-5-7-22(31)21(29)11-16)14-19-12-17(6-8-23(19)36-27)26(35)32(10-9-24(33)34)15-18-3-2-4-20(28)25(18)30/h2-8,11-12H,9-10,13-15H2,1H3,(H,33,34)/t27-/m1/s1. The zero-order valence-corrected chi connectivity index (χ0v) is 21.6. The number of carboxylic acid groups (broad SMARTS) is 1. The van der Waals surface area contributed by atoms with Gasteiger partial charge in [-0.3, -0.25) is 9.59 Å². The van der Waals surface area contributed by atoms with Gasteiger partial charge >= 0.3 is 5.97 Å². The first-order chi connectivity index (χ1) is 17.0. The number of hydrogen-bond acceptors (Lipinski definition) is 3. The van der Waals surface area contributed by atoms with Gasteiger partial charge in [0.05, 0.1) is 21.5 Å². The predicted molar refractivity (Wildman–Crippen MR) is 138 cm³/mol. The van der Waals surface area contributed by atoms with E-state index in [2.05, 4.69) is 0 Å². The van der Waals surface area contributed by atoms with Crippen LogP contribution in [0.4, 0.5) is 4.39 Å². The molecular formula is C27H23Cl3FNO4. The van der Waals surface area contributed by atoms with Gasteiger partial charge in [-0.1, -0.05) is 53.0 Å². The molecule has 1 amide bonds. The summed E-state index contributed by atoms with van der Waals surface area (Å²) in [5.74, 6) is -1.15. The molecule has 1 aliphatic heterocycles. The maximum Gasteiger partial charge on any atom is 0.305 e. The second-order valence-corrected chi connectivity index (χ2v) is 10.3. The van der Waals surface area contributed by atoms with Gasteiger partial charge in [0.2, 0.25) is 0 Å². The van der Waals surface area contributed by atoms with Crippen LogP contribution in [0.5, 0.6) is 5.75 Å². The van der Waals surface area contributed by atoms with Crippen molar-refractivity contribution in [3.63, 3.8) is 0 Å². The minimum absolute atomic E-state index is 0.00757. The van der Waals surface area contributed by atoms with E-state index in [1.54, 1.807) is 48.5 Å². The molecule has 1 atom stereocenters. The molecule has 3 aromatic carbocycles. The third-order valence-electron chi connectivity index (χ3n) is 6.07. The smallest absolute Gasteiger partial charge is 0.305 e. The molecule has 0 unspecified atom stereocenters. The lowest BCUT2D eigenvalue weighted by molar-refractivity contribution is -0.137. The Bertz CT molecular complexity index is 1330. The summed E-state index contributed by atoms with van der Waals surface area (Å²) >= 11 is 18.4. The van der Waals surface area contributed by atoms with Crippen LogP contribution in [0.3, 0.4) is 0 Å². The van der Waals surface area contributed by atoms with Crippen LogP contribution >= 0.6 is 34.8 Å². The second kappa shape index (κ2) is 10.7. The van der Waals surface area contributed by atoms with Crippen molar-refractivity contribution in [2.75, 3.05) is 6.54 Å². The molecule has 4 rings (SSSR count). The van der Waals surface area contributed by atoms with Crippen molar-refractivity contribution in [2.45, 2.75) is 38.3 Å². The molecule has 1 aliphatic rings. The number of carboxylic acids is 1. The molecule has 188 valence electrons. The molecule has 36 heavy (non-hydrogen) atoms. The number of carbonyl (C=O) groups is 2. The minimum Gasteiger partial charge on any atom is -0.487 e. The molecule has 9 heteroatoms. The summed E-state index contributed by atoms with van der Waals surface area (Å²) < 4.78 is 19.7. The van der Waals surface area contributed by atoms with Crippen molar-refractivity contribution in [1.82, 2.24) is 4.90 Å². The van der Waals surface area contributed by atoms with Gasteiger partial charge in [-0.25, -0.2) is 4.39 Å². The van der Waals surface area contributed by atoms with Gasteiger partial charge in [0.25, 0.3) is 5.91 Å².